The summed E-state index contributed by atoms with van der Waals surface area (Å²) in [7, 11) is 1.89. The third kappa shape index (κ3) is 1.86. The first kappa shape index (κ1) is 10.5. The number of rotatable bonds is 3. The standard InChI is InChI=1S/C9H13N3O2S/c1-5-10-11-9(12(5)2)15-7-4-3-6(7)8(13)14/h6-7H,3-4H2,1-2H3,(H,13,14). The van der Waals surface area contributed by atoms with Crippen LogP contribution >= 0.6 is 11.8 Å². The zero-order chi connectivity index (χ0) is 11.0. The first-order valence-electron chi connectivity index (χ1n) is 4.85. The molecule has 1 aliphatic carbocycles. The maximum atomic E-state index is 10.8. The second kappa shape index (κ2) is 3.84. The number of hydrogen-bond acceptors (Lipinski definition) is 4. The summed E-state index contributed by atoms with van der Waals surface area (Å²) < 4.78 is 1.89. The van der Waals surface area contributed by atoms with Gasteiger partial charge in [0.1, 0.15) is 5.82 Å². The van der Waals surface area contributed by atoms with Gasteiger partial charge in [-0.3, -0.25) is 4.79 Å². The van der Waals surface area contributed by atoms with Gasteiger partial charge < -0.3 is 9.67 Å². The number of carboxylic acid groups (broad SMARTS) is 1. The molecular formula is C9H13N3O2S. The molecule has 82 valence electrons. The average molecular weight is 227 g/mol. The zero-order valence-electron chi connectivity index (χ0n) is 8.67. The summed E-state index contributed by atoms with van der Waals surface area (Å²) >= 11 is 1.52. The van der Waals surface area contributed by atoms with Gasteiger partial charge in [-0.15, -0.1) is 10.2 Å². The van der Waals surface area contributed by atoms with E-state index in [2.05, 4.69) is 10.2 Å². The molecule has 0 saturated heterocycles. The number of aliphatic carboxylic acids is 1. The fraction of sp³-hybridized carbons (Fsp3) is 0.667. The molecule has 1 heterocycles. The van der Waals surface area contributed by atoms with Crippen molar-refractivity contribution in [3.8, 4) is 0 Å². The van der Waals surface area contributed by atoms with E-state index in [-0.39, 0.29) is 11.2 Å². The predicted octanol–water partition coefficient (Wildman–Crippen LogP) is 1.08. The third-order valence-corrected chi connectivity index (χ3v) is 4.27. The van der Waals surface area contributed by atoms with E-state index in [1.54, 1.807) is 0 Å². The molecule has 1 N–H and O–H groups in total. The second-order valence-corrected chi connectivity index (χ2v) is 4.97. The monoisotopic (exact) mass is 227 g/mol. The van der Waals surface area contributed by atoms with E-state index < -0.39 is 5.97 Å². The lowest BCUT2D eigenvalue weighted by Crippen LogP contribution is -2.35. The smallest absolute Gasteiger partial charge is 0.307 e. The highest BCUT2D eigenvalue weighted by Crippen LogP contribution is 2.40. The number of nitrogens with zero attached hydrogens (tertiary/aromatic N) is 3. The van der Waals surface area contributed by atoms with Crippen molar-refractivity contribution in [3.63, 3.8) is 0 Å². The fourth-order valence-corrected chi connectivity index (χ4v) is 2.84. The average Bonchev–Trinajstić information content (AvgIpc) is 2.42. The third-order valence-electron chi connectivity index (χ3n) is 2.84. The van der Waals surface area contributed by atoms with Gasteiger partial charge in [0, 0.05) is 12.3 Å². The van der Waals surface area contributed by atoms with Crippen molar-refractivity contribution in [1.82, 2.24) is 14.8 Å². The maximum Gasteiger partial charge on any atom is 0.307 e. The molecule has 1 fully saturated rings. The number of hydrogen-bond donors (Lipinski definition) is 1. The lowest BCUT2D eigenvalue weighted by atomic mass is 9.85. The number of aromatic nitrogens is 3. The predicted molar refractivity (Wildman–Crippen MR) is 55.7 cm³/mol. The Kier molecular flexibility index (Phi) is 2.68. The van der Waals surface area contributed by atoms with Gasteiger partial charge in [-0.1, -0.05) is 11.8 Å². The molecule has 6 heteroatoms. The molecule has 1 saturated carbocycles. The summed E-state index contributed by atoms with van der Waals surface area (Å²) in [4.78, 5) is 10.8. The van der Waals surface area contributed by atoms with Crippen molar-refractivity contribution < 1.29 is 9.90 Å². The largest absolute Gasteiger partial charge is 0.481 e. The summed E-state index contributed by atoms with van der Waals surface area (Å²) in [6.45, 7) is 1.88. The van der Waals surface area contributed by atoms with Crippen LogP contribution in [0.25, 0.3) is 0 Å². The van der Waals surface area contributed by atoms with E-state index in [1.165, 1.54) is 11.8 Å². The maximum absolute atomic E-state index is 10.8. The number of aryl methyl sites for hydroxylation is 1. The van der Waals surface area contributed by atoms with Crippen molar-refractivity contribution in [3.05, 3.63) is 5.82 Å². The van der Waals surface area contributed by atoms with E-state index in [0.717, 1.165) is 23.8 Å². The minimum Gasteiger partial charge on any atom is -0.481 e. The molecule has 1 aliphatic rings. The normalized spacial score (nSPS) is 24.9. The van der Waals surface area contributed by atoms with Crippen molar-refractivity contribution >= 4 is 17.7 Å². The van der Waals surface area contributed by atoms with E-state index in [9.17, 15) is 4.79 Å². The van der Waals surface area contributed by atoms with Gasteiger partial charge in [0.15, 0.2) is 5.16 Å². The molecule has 0 bridgehead atoms. The van der Waals surface area contributed by atoms with Gasteiger partial charge in [0.2, 0.25) is 0 Å². The molecule has 0 amide bonds. The van der Waals surface area contributed by atoms with Gasteiger partial charge in [-0.05, 0) is 19.8 Å². The van der Waals surface area contributed by atoms with Crippen molar-refractivity contribution in [2.75, 3.05) is 0 Å². The lowest BCUT2D eigenvalue weighted by molar-refractivity contribution is -0.144. The van der Waals surface area contributed by atoms with Gasteiger partial charge in [0.25, 0.3) is 0 Å². The van der Waals surface area contributed by atoms with Crippen LogP contribution in [0.15, 0.2) is 5.16 Å². The quantitative estimate of drug-likeness (QED) is 0.836. The van der Waals surface area contributed by atoms with Crippen LogP contribution in [-0.2, 0) is 11.8 Å². The van der Waals surface area contributed by atoms with E-state index in [4.69, 9.17) is 5.11 Å². The topological polar surface area (TPSA) is 68.0 Å². The Morgan fingerprint density at radius 2 is 2.27 bits per heavy atom. The molecule has 0 aliphatic heterocycles. The number of thioether (sulfide) groups is 1. The van der Waals surface area contributed by atoms with Crippen LogP contribution in [0.5, 0.6) is 0 Å². The minimum atomic E-state index is -0.697. The molecule has 2 atom stereocenters. The van der Waals surface area contributed by atoms with Gasteiger partial charge in [-0.2, -0.15) is 0 Å². The van der Waals surface area contributed by atoms with Crippen LogP contribution in [0.1, 0.15) is 18.7 Å². The van der Waals surface area contributed by atoms with Crippen LogP contribution in [0.4, 0.5) is 0 Å². The second-order valence-electron chi connectivity index (χ2n) is 3.77. The summed E-state index contributed by atoms with van der Waals surface area (Å²) in [5.41, 5.74) is 0. The molecular weight excluding hydrogens is 214 g/mol. The van der Waals surface area contributed by atoms with Gasteiger partial charge in [0.05, 0.1) is 5.92 Å². The molecule has 0 aromatic carbocycles. The number of carbonyl (C=O) groups is 1. The molecule has 2 unspecified atom stereocenters. The molecule has 1 aromatic heterocycles. The molecule has 2 rings (SSSR count). The Balaban J connectivity index is 2.04. The summed E-state index contributed by atoms with van der Waals surface area (Å²) in [6, 6.07) is 0. The van der Waals surface area contributed by atoms with E-state index in [1.807, 2.05) is 18.5 Å². The van der Waals surface area contributed by atoms with Crippen LogP contribution < -0.4 is 0 Å². The molecule has 1 aromatic rings. The molecule has 0 spiro atoms. The Morgan fingerprint density at radius 1 is 1.53 bits per heavy atom. The van der Waals surface area contributed by atoms with Gasteiger partial charge >= 0.3 is 5.97 Å². The van der Waals surface area contributed by atoms with Crippen LogP contribution in [-0.4, -0.2) is 31.1 Å². The minimum absolute atomic E-state index is 0.157. The van der Waals surface area contributed by atoms with Crippen LogP contribution in [0, 0.1) is 12.8 Å². The van der Waals surface area contributed by atoms with Crippen LogP contribution in [0.3, 0.4) is 0 Å². The fourth-order valence-electron chi connectivity index (χ4n) is 1.52. The van der Waals surface area contributed by atoms with Crippen molar-refractivity contribution in [2.24, 2.45) is 13.0 Å². The molecule has 0 radical (unpaired) electrons. The first-order chi connectivity index (χ1) is 7.09. The highest BCUT2D eigenvalue weighted by molar-refractivity contribution is 7.99. The Morgan fingerprint density at radius 3 is 2.67 bits per heavy atom. The van der Waals surface area contributed by atoms with Crippen molar-refractivity contribution in [1.29, 1.82) is 0 Å². The summed E-state index contributed by atoms with van der Waals surface area (Å²) in [5, 5.41) is 17.8. The zero-order valence-corrected chi connectivity index (χ0v) is 9.49. The summed E-state index contributed by atoms with van der Waals surface area (Å²) in [5.74, 6) is -0.0617. The molecule has 15 heavy (non-hydrogen) atoms. The van der Waals surface area contributed by atoms with E-state index >= 15 is 0 Å². The highest BCUT2D eigenvalue weighted by Gasteiger charge is 2.38. The lowest BCUT2D eigenvalue weighted by Gasteiger charge is -2.31. The highest BCUT2D eigenvalue weighted by atomic mass is 32.2. The van der Waals surface area contributed by atoms with Crippen molar-refractivity contribution in [2.45, 2.75) is 30.2 Å². The molecule has 5 nitrogen and oxygen atoms in total. The Hall–Kier alpha value is -1.04. The Labute approximate surface area is 91.9 Å². The van der Waals surface area contributed by atoms with E-state index in [0.29, 0.717) is 0 Å². The SMILES string of the molecule is Cc1nnc(SC2CCC2C(=O)O)n1C. The first-order valence-corrected chi connectivity index (χ1v) is 5.73. The van der Waals surface area contributed by atoms with Gasteiger partial charge in [-0.25, -0.2) is 0 Å². The Bertz CT molecular complexity index is 391. The summed E-state index contributed by atoms with van der Waals surface area (Å²) in [6.07, 6.45) is 1.73. The van der Waals surface area contributed by atoms with Crippen LogP contribution in [0.2, 0.25) is 0 Å². The number of carboxylic acids is 1.